The van der Waals surface area contributed by atoms with Gasteiger partial charge in [0, 0.05) is 18.5 Å². The van der Waals surface area contributed by atoms with Crippen LogP contribution in [-0.4, -0.2) is 40.0 Å². The van der Waals surface area contributed by atoms with E-state index in [0.29, 0.717) is 24.6 Å². The van der Waals surface area contributed by atoms with Gasteiger partial charge < -0.3 is 15.2 Å². The third-order valence-corrected chi connectivity index (χ3v) is 4.82. The second kappa shape index (κ2) is 6.38. The topological polar surface area (TPSA) is 87.2 Å². The average Bonchev–Trinajstić information content (AvgIpc) is 2.90. The van der Waals surface area contributed by atoms with E-state index in [1.165, 1.54) is 0 Å². The van der Waals surface area contributed by atoms with Crippen molar-refractivity contribution in [2.24, 2.45) is 5.92 Å². The number of aliphatic hydroxyl groups excluding tert-OH is 1. The van der Waals surface area contributed by atoms with E-state index in [-0.39, 0.29) is 24.2 Å². The lowest BCUT2D eigenvalue weighted by molar-refractivity contribution is -0.00697. The lowest BCUT2D eigenvalue weighted by atomic mass is 9.87. The van der Waals surface area contributed by atoms with Crippen molar-refractivity contribution < 1.29 is 14.6 Å². The SMILES string of the molecule is C[C@@H]1Cc2c(C(=O)NCC3CCC(O)CC3)n[nH]c2[C@H](C)O1. The summed E-state index contributed by atoms with van der Waals surface area (Å²) in [5.74, 6) is 0.355. The molecule has 1 amide bonds. The van der Waals surface area contributed by atoms with Gasteiger partial charge in [-0.05, 0) is 45.4 Å². The highest BCUT2D eigenvalue weighted by Crippen LogP contribution is 2.30. The first-order valence-corrected chi connectivity index (χ1v) is 8.23. The van der Waals surface area contributed by atoms with Crippen LogP contribution in [0.25, 0.3) is 0 Å². The Labute approximate surface area is 130 Å². The molecule has 0 radical (unpaired) electrons. The maximum absolute atomic E-state index is 12.4. The number of H-pyrrole nitrogens is 1. The summed E-state index contributed by atoms with van der Waals surface area (Å²) in [6.45, 7) is 4.65. The van der Waals surface area contributed by atoms with E-state index in [9.17, 15) is 9.90 Å². The molecule has 1 aromatic heterocycles. The number of nitrogens with one attached hydrogen (secondary N) is 2. The third-order valence-electron chi connectivity index (χ3n) is 4.82. The Morgan fingerprint density at radius 1 is 1.36 bits per heavy atom. The Morgan fingerprint density at radius 2 is 2.09 bits per heavy atom. The molecule has 1 aliphatic carbocycles. The summed E-state index contributed by atoms with van der Waals surface area (Å²) in [5, 5.41) is 19.7. The molecule has 2 heterocycles. The van der Waals surface area contributed by atoms with Gasteiger partial charge in [0.15, 0.2) is 5.69 Å². The quantitative estimate of drug-likeness (QED) is 0.793. The molecular weight excluding hydrogens is 282 g/mol. The van der Waals surface area contributed by atoms with Crippen LogP contribution in [0.15, 0.2) is 0 Å². The first-order valence-electron chi connectivity index (χ1n) is 8.23. The summed E-state index contributed by atoms with van der Waals surface area (Å²) < 4.78 is 5.74. The highest BCUT2D eigenvalue weighted by atomic mass is 16.5. The minimum atomic E-state index is -0.159. The zero-order chi connectivity index (χ0) is 15.7. The fraction of sp³-hybridized carbons (Fsp3) is 0.750. The Bertz CT molecular complexity index is 535. The van der Waals surface area contributed by atoms with E-state index in [1.807, 2.05) is 13.8 Å². The summed E-state index contributed by atoms with van der Waals surface area (Å²) in [5.41, 5.74) is 2.42. The van der Waals surface area contributed by atoms with Crippen LogP contribution in [0.1, 0.15) is 67.4 Å². The van der Waals surface area contributed by atoms with Gasteiger partial charge in [0.2, 0.25) is 0 Å². The minimum Gasteiger partial charge on any atom is -0.393 e. The maximum Gasteiger partial charge on any atom is 0.272 e. The van der Waals surface area contributed by atoms with Crippen molar-refractivity contribution >= 4 is 5.91 Å². The number of aliphatic hydroxyl groups is 1. The number of ether oxygens (including phenoxy) is 1. The second-order valence-corrected chi connectivity index (χ2v) is 6.64. The molecule has 1 fully saturated rings. The number of carbonyl (C=O) groups excluding carboxylic acids is 1. The number of amides is 1. The number of carbonyl (C=O) groups is 1. The number of hydrogen-bond donors (Lipinski definition) is 3. The van der Waals surface area contributed by atoms with Gasteiger partial charge in [-0.3, -0.25) is 9.89 Å². The van der Waals surface area contributed by atoms with Crippen molar-refractivity contribution in [3.8, 4) is 0 Å². The molecule has 6 nitrogen and oxygen atoms in total. The summed E-state index contributed by atoms with van der Waals surface area (Å²) in [4.78, 5) is 12.4. The monoisotopic (exact) mass is 307 g/mol. The molecule has 0 saturated heterocycles. The smallest absolute Gasteiger partial charge is 0.272 e. The van der Waals surface area contributed by atoms with Crippen molar-refractivity contribution in [3.63, 3.8) is 0 Å². The molecule has 2 atom stereocenters. The summed E-state index contributed by atoms with van der Waals surface area (Å²) in [6, 6.07) is 0. The van der Waals surface area contributed by atoms with Gasteiger partial charge in [-0.2, -0.15) is 5.10 Å². The Hall–Kier alpha value is -1.40. The Morgan fingerprint density at radius 3 is 2.82 bits per heavy atom. The highest BCUT2D eigenvalue weighted by Gasteiger charge is 2.29. The van der Waals surface area contributed by atoms with Crippen LogP contribution in [0.2, 0.25) is 0 Å². The summed E-state index contributed by atoms with van der Waals surface area (Å²) in [7, 11) is 0. The van der Waals surface area contributed by atoms with Crippen molar-refractivity contribution in [2.75, 3.05) is 6.54 Å². The molecule has 2 aliphatic rings. The molecule has 3 N–H and O–H groups in total. The van der Waals surface area contributed by atoms with Crippen LogP contribution in [0.3, 0.4) is 0 Å². The fourth-order valence-electron chi connectivity index (χ4n) is 3.53. The Kier molecular flexibility index (Phi) is 4.49. The zero-order valence-corrected chi connectivity index (χ0v) is 13.3. The van der Waals surface area contributed by atoms with E-state index in [4.69, 9.17) is 4.74 Å². The molecule has 22 heavy (non-hydrogen) atoms. The van der Waals surface area contributed by atoms with Crippen molar-refractivity contribution in [1.82, 2.24) is 15.5 Å². The molecular formula is C16H25N3O3. The number of nitrogens with zero attached hydrogens (tertiary/aromatic N) is 1. The van der Waals surface area contributed by atoms with E-state index >= 15 is 0 Å². The zero-order valence-electron chi connectivity index (χ0n) is 13.3. The number of rotatable bonds is 3. The molecule has 1 saturated carbocycles. The van der Waals surface area contributed by atoms with Crippen LogP contribution in [0, 0.1) is 5.92 Å². The largest absolute Gasteiger partial charge is 0.393 e. The number of aromatic nitrogens is 2. The molecule has 0 unspecified atom stereocenters. The Balaban J connectivity index is 1.61. The van der Waals surface area contributed by atoms with Crippen LogP contribution in [0.5, 0.6) is 0 Å². The normalized spacial score (nSPS) is 31.6. The van der Waals surface area contributed by atoms with Gasteiger partial charge >= 0.3 is 0 Å². The standard InChI is InChI=1S/C16H25N3O3/c1-9-7-13-14(10(2)22-9)18-19-15(13)16(21)17-8-11-3-5-12(20)6-4-11/h9-12,20H,3-8H2,1-2H3,(H,17,21)(H,18,19)/t9-,10+,11?,12?/m1/s1. The van der Waals surface area contributed by atoms with Gasteiger partial charge in [-0.25, -0.2) is 0 Å². The number of hydrogen-bond acceptors (Lipinski definition) is 4. The first kappa shape index (κ1) is 15.5. The summed E-state index contributed by atoms with van der Waals surface area (Å²) in [6.07, 6.45) is 4.24. The molecule has 1 aromatic rings. The average molecular weight is 307 g/mol. The van der Waals surface area contributed by atoms with Gasteiger partial charge in [0.1, 0.15) is 0 Å². The minimum absolute atomic E-state index is 0.0485. The van der Waals surface area contributed by atoms with Crippen molar-refractivity contribution in [3.05, 3.63) is 17.0 Å². The van der Waals surface area contributed by atoms with Crippen molar-refractivity contribution in [1.29, 1.82) is 0 Å². The van der Waals surface area contributed by atoms with E-state index in [1.54, 1.807) is 0 Å². The maximum atomic E-state index is 12.4. The lowest BCUT2D eigenvalue weighted by Gasteiger charge is -2.26. The molecule has 3 rings (SSSR count). The highest BCUT2D eigenvalue weighted by molar-refractivity contribution is 5.94. The van der Waals surface area contributed by atoms with E-state index < -0.39 is 0 Å². The van der Waals surface area contributed by atoms with Crippen LogP contribution >= 0.6 is 0 Å². The predicted octanol–water partition coefficient (Wildman–Crippen LogP) is 1.71. The van der Waals surface area contributed by atoms with Gasteiger partial charge in [-0.15, -0.1) is 0 Å². The summed E-state index contributed by atoms with van der Waals surface area (Å²) >= 11 is 0. The van der Waals surface area contributed by atoms with Gasteiger partial charge in [0.05, 0.1) is 24.0 Å². The first-order chi connectivity index (χ1) is 10.5. The fourth-order valence-corrected chi connectivity index (χ4v) is 3.53. The second-order valence-electron chi connectivity index (χ2n) is 6.64. The molecule has 122 valence electrons. The van der Waals surface area contributed by atoms with E-state index in [0.717, 1.165) is 36.9 Å². The third kappa shape index (κ3) is 3.17. The predicted molar refractivity (Wildman–Crippen MR) is 81.6 cm³/mol. The molecule has 0 aromatic carbocycles. The molecule has 1 aliphatic heterocycles. The molecule has 0 spiro atoms. The molecule has 0 bridgehead atoms. The van der Waals surface area contributed by atoms with Crippen LogP contribution in [0.4, 0.5) is 0 Å². The van der Waals surface area contributed by atoms with Gasteiger partial charge in [-0.1, -0.05) is 0 Å². The van der Waals surface area contributed by atoms with Crippen LogP contribution in [-0.2, 0) is 11.2 Å². The molecule has 6 heteroatoms. The number of aromatic amines is 1. The van der Waals surface area contributed by atoms with Crippen molar-refractivity contribution in [2.45, 2.75) is 64.3 Å². The van der Waals surface area contributed by atoms with Crippen LogP contribution < -0.4 is 5.32 Å². The lowest BCUT2D eigenvalue weighted by Crippen LogP contribution is -2.33. The van der Waals surface area contributed by atoms with E-state index in [2.05, 4.69) is 15.5 Å². The van der Waals surface area contributed by atoms with Gasteiger partial charge in [0.25, 0.3) is 5.91 Å². The number of fused-ring (bicyclic) bond motifs is 1.